The standard InChI is InChI=1S/C60H48N2/c1-60(2,3)47-35-27-45(28-36-47)58-54-23-13-15-25-56(54)59(57-26-16-14-24-55(57)58)46-33-41-53(42-34-46)62(50-21-11-6-12-22-50)52-39-31-44(32-40-52)43-29-37-51(38-30-43)61(48-17-7-4-8-18-48)49-19-9-5-10-20-49/h4-42H,1-3H3. The average molecular weight is 797 g/mol. The fourth-order valence-electron chi connectivity index (χ4n) is 8.90. The Labute approximate surface area is 365 Å². The second-order valence-corrected chi connectivity index (χ2v) is 17.0. The number of fused-ring (bicyclic) bond motifs is 2. The lowest BCUT2D eigenvalue weighted by Crippen LogP contribution is -2.10. The van der Waals surface area contributed by atoms with E-state index in [-0.39, 0.29) is 5.41 Å². The third kappa shape index (κ3) is 7.42. The predicted molar refractivity (Wildman–Crippen MR) is 266 cm³/mol. The van der Waals surface area contributed by atoms with Crippen molar-refractivity contribution in [3.8, 4) is 33.4 Å². The van der Waals surface area contributed by atoms with E-state index in [0.29, 0.717) is 0 Å². The zero-order chi connectivity index (χ0) is 42.0. The minimum absolute atomic E-state index is 0.0980. The second kappa shape index (κ2) is 16.4. The molecule has 0 aliphatic rings. The summed E-state index contributed by atoms with van der Waals surface area (Å²) in [6.07, 6.45) is 0. The lowest BCUT2D eigenvalue weighted by Gasteiger charge is -2.26. The first-order valence-corrected chi connectivity index (χ1v) is 21.5. The SMILES string of the molecule is CC(C)(C)c1ccc(-c2c3ccccc3c(-c3ccc(N(c4ccccc4)c4ccc(-c5ccc(N(c6ccccc6)c6ccccc6)cc5)cc4)cc3)c3ccccc23)cc1. The maximum atomic E-state index is 2.34. The van der Waals surface area contributed by atoms with Gasteiger partial charge in [-0.2, -0.15) is 0 Å². The van der Waals surface area contributed by atoms with Gasteiger partial charge in [-0.25, -0.2) is 0 Å². The molecule has 0 atom stereocenters. The van der Waals surface area contributed by atoms with Crippen LogP contribution >= 0.6 is 0 Å². The number of nitrogens with zero attached hydrogens (tertiary/aromatic N) is 2. The summed E-state index contributed by atoms with van der Waals surface area (Å²) in [6.45, 7) is 6.82. The van der Waals surface area contributed by atoms with E-state index in [1.165, 1.54) is 60.5 Å². The molecule has 0 saturated heterocycles. The molecule has 10 rings (SSSR count). The van der Waals surface area contributed by atoms with Crippen molar-refractivity contribution in [2.75, 3.05) is 9.80 Å². The van der Waals surface area contributed by atoms with Crippen molar-refractivity contribution in [3.63, 3.8) is 0 Å². The van der Waals surface area contributed by atoms with Crippen molar-refractivity contribution in [2.45, 2.75) is 26.2 Å². The van der Waals surface area contributed by atoms with Gasteiger partial charge in [0.1, 0.15) is 0 Å². The molecule has 62 heavy (non-hydrogen) atoms. The molecule has 0 bridgehead atoms. The Morgan fingerprint density at radius 1 is 0.242 bits per heavy atom. The molecule has 2 heteroatoms. The molecule has 10 aromatic rings. The fourth-order valence-corrected chi connectivity index (χ4v) is 8.90. The van der Waals surface area contributed by atoms with Gasteiger partial charge in [0, 0.05) is 34.1 Å². The normalized spacial score (nSPS) is 11.5. The fraction of sp³-hybridized carbons (Fsp3) is 0.0667. The van der Waals surface area contributed by atoms with Crippen molar-refractivity contribution in [1.29, 1.82) is 0 Å². The molecule has 0 spiro atoms. The zero-order valence-corrected chi connectivity index (χ0v) is 35.4. The smallest absolute Gasteiger partial charge is 0.0462 e. The summed E-state index contributed by atoms with van der Waals surface area (Å²) in [5, 5.41) is 5.04. The monoisotopic (exact) mass is 796 g/mol. The summed E-state index contributed by atoms with van der Waals surface area (Å²) >= 11 is 0. The predicted octanol–water partition coefficient (Wildman–Crippen LogP) is 17.2. The maximum Gasteiger partial charge on any atom is 0.0462 e. The minimum atomic E-state index is 0.0980. The van der Waals surface area contributed by atoms with Crippen LogP contribution in [0.25, 0.3) is 54.9 Å². The summed E-state index contributed by atoms with van der Waals surface area (Å²) in [4.78, 5) is 4.64. The summed E-state index contributed by atoms with van der Waals surface area (Å²) in [5.41, 5.74) is 15.4. The van der Waals surface area contributed by atoms with Crippen molar-refractivity contribution < 1.29 is 0 Å². The van der Waals surface area contributed by atoms with Crippen molar-refractivity contribution in [2.24, 2.45) is 0 Å². The highest BCUT2D eigenvalue weighted by molar-refractivity contribution is 6.21. The molecule has 0 fully saturated rings. The number of rotatable bonds is 9. The van der Waals surface area contributed by atoms with Gasteiger partial charge in [0.2, 0.25) is 0 Å². The van der Waals surface area contributed by atoms with Gasteiger partial charge < -0.3 is 9.80 Å². The van der Waals surface area contributed by atoms with Gasteiger partial charge in [0.05, 0.1) is 0 Å². The first kappa shape index (κ1) is 38.5. The van der Waals surface area contributed by atoms with Crippen LogP contribution in [0.4, 0.5) is 34.1 Å². The molecule has 0 aliphatic heterocycles. The van der Waals surface area contributed by atoms with E-state index in [9.17, 15) is 0 Å². The molecule has 0 amide bonds. The van der Waals surface area contributed by atoms with E-state index < -0.39 is 0 Å². The third-order valence-electron chi connectivity index (χ3n) is 12.0. The molecular weight excluding hydrogens is 749 g/mol. The Morgan fingerprint density at radius 2 is 0.484 bits per heavy atom. The second-order valence-electron chi connectivity index (χ2n) is 17.0. The Kier molecular flexibility index (Phi) is 10.2. The van der Waals surface area contributed by atoms with Gasteiger partial charge in [-0.3, -0.25) is 0 Å². The quantitative estimate of drug-likeness (QED) is 0.134. The third-order valence-corrected chi connectivity index (χ3v) is 12.0. The summed E-state index contributed by atoms with van der Waals surface area (Å²) in [6, 6.07) is 85.7. The number of benzene rings is 10. The van der Waals surface area contributed by atoms with Gasteiger partial charge in [-0.05, 0) is 139 Å². The van der Waals surface area contributed by atoms with Crippen LogP contribution < -0.4 is 9.80 Å². The molecule has 0 aromatic heterocycles. The van der Waals surface area contributed by atoms with Crippen LogP contribution in [-0.4, -0.2) is 0 Å². The highest BCUT2D eigenvalue weighted by atomic mass is 15.1. The first-order chi connectivity index (χ1) is 30.4. The average Bonchev–Trinajstić information content (AvgIpc) is 3.32. The van der Waals surface area contributed by atoms with Crippen LogP contribution in [0.1, 0.15) is 26.3 Å². The zero-order valence-electron chi connectivity index (χ0n) is 35.4. The first-order valence-electron chi connectivity index (χ1n) is 21.5. The molecule has 10 aromatic carbocycles. The van der Waals surface area contributed by atoms with E-state index in [1.807, 2.05) is 0 Å². The lowest BCUT2D eigenvalue weighted by molar-refractivity contribution is 0.590. The van der Waals surface area contributed by atoms with Crippen LogP contribution in [0.2, 0.25) is 0 Å². The largest absolute Gasteiger partial charge is 0.311 e. The molecule has 0 saturated carbocycles. The van der Waals surface area contributed by atoms with Crippen molar-refractivity contribution >= 4 is 55.7 Å². The number of anilines is 6. The van der Waals surface area contributed by atoms with E-state index in [0.717, 1.165) is 34.1 Å². The molecule has 0 unspecified atom stereocenters. The molecular formula is C60H48N2. The van der Waals surface area contributed by atoms with Gasteiger partial charge in [0.15, 0.2) is 0 Å². The van der Waals surface area contributed by atoms with Crippen LogP contribution in [0.3, 0.4) is 0 Å². The Morgan fingerprint density at radius 3 is 0.774 bits per heavy atom. The molecule has 0 aliphatic carbocycles. The van der Waals surface area contributed by atoms with E-state index >= 15 is 0 Å². The topological polar surface area (TPSA) is 6.48 Å². The highest BCUT2D eigenvalue weighted by Gasteiger charge is 2.20. The Bertz CT molecular complexity index is 3000. The molecule has 298 valence electrons. The van der Waals surface area contributed by atoms with Crippen LogP contribution in [0, 0.1) is 0 Å². The van der Waals surface area contributed by atoms with E-state index in [1.54, 1.807) is 0 Å². The van der Waals surface area contributed by atoms with Gasteiger partial charge in [0.25, 0.3) is 0 Å². The van der Waals surface area contributed by atoms with Gasteiger partial charge >= 0.3 is 0 Å². The number of para-hydroxylation sites is 3. The maximum absolute atomic E-state index is 2.34. The van der Waals surface area contributed by atoms with Gasteiger partial charge in [-0.15, -0.1) is 0 Å². The van der Waals surface area contributed by atoms with Crippen LogP contribution in [-0.2, 0) is 5.41 Å². The number of hydrogen-bond donors (Lipinski definition) is 0. The molecule has 0 N–H and O–H groups in total. The molecule has 0 radical (unpaired) electrons. The van der Waals surface area contributed by atoms with Crippen molar-refractivity contribution in [3.05, 3.63) is 242 Å². The summed E-state index contributed by atoms with van der Waals surface area (Å²) in [7, 11) is 0. The van der Waals surface area contributed by atoms with Crippen LogP contribution in [0.5, 0.6) is 0 Å². The Balaban J connectivity index is 0.993. The molecule has 2 nitrogen and oxygen atoms in total. The van der Waals surface area contributed by atoms with E-state index in [4.69, 9.17) is 0 Å². The van der Waals surface area contributed by atoms with Crippen molar-refractivity contribution in [1.82, 2.24) is 0 Å². The lowest BCUT2D eigenvalue weighted by atomic mass is 9.83. The summed E-state index contributed by atoms with van der Waals surface area (Å²) in [5.74, 6) is 0. The molecule has 0 heterocycles. The highest BCUT2D eigenvalue weighted by Crippen LogP contribution is 2.45. The Hall–Kier alpha value is -7.68. The van der Waals surface area contributed by atoms with Crippen LogP contribution in [0.15, 0.2) is 237 Å². The number of hydrogen-bond acceptors (Lipinski definition) is 2. The van der Waals surface area contributed by atoms with Gasteiger partial charge in [-0.1, -0.05) is 185 Å². The minimum Gasteiger partial charge on any atom is -0.311 e. The van der Waals surface area contributed by atoms with E-state index in [2.05, 4.69) is 267 Å². The summed E-state index contributed by atoms with van der Waals surface area (Å²) < 4.78 is 0.